The standard InChI is InChI=1S/C26H27F4N7O4.C2HF3O2/c1-12-3-13(5-15(4-12)26(28,29)30)17(8-21(38)41-2)22(24(32)40)37-20-7-14(23(31)39)6-19(18(20)11-35-37)36-25-33-9-16(27)10-34-25;3-2(4,5)1(6)7/h3-7,11,16-17,22H,8-10H2,1-2H3,(H2,31,39)(H2,32,40)(H2,33,34,36);(H,6,7)/t17-,22?;/m0./s1. The maximum absolute atomic E-state index is 13.7. The van der Waals surface area contributed by atoms with Gasteiger partial charge in [0.2, 0.25) is 11.8 Å². The van der Waals surface area contributed by atoms with E-state index in [1.807, 2.05) is 0 Å². The van der Waals surface area contributed by atoms with E-state index in [2.05, 4.69) is 20.7 Å². The van der Waals surface area contributed by atoms with E-state index in [0.29, 0.717) is 5.39 Å². The summed E-state index contributed by atoms with van der Waals surface area (Å²) in [6.07, 6.45) is -10.1. The average Bonchev–Trinajstić information content (AvgIpc) is 3.40. The number of nitrogens with two attached hydrogens (primary N) is 2. The lowest BCUT2D eigenvalue weighted by Crippen LogP contribution is -2.41. The third kappa shape index (κ3) is 9.10. The molecule has 3 atom stereocenters. The van der Waals surface area contributed by atoms with Gasteiger partial charge in [-0.15, -0.1) is 0 Å². The lowest BCUT2D eigenvalue weighted by atomic mass is 9.86. The third-order valence-electron chi connectivity index (χ3n) is 6.84. The molecule has 2 unspecified atom stereocenters. The monoisotopic (exact) mass is 691 g/mol. The molecule has 1 aromatic heterocycles. The first kappa shape index (κ1) is 37.0. The van der Waals surface area contributed by atoms with Crippen LogP contribution in [0.25, 0.3) is 10.9 Å². The van der Waals surface area contributed by atoms with Crippen LogP contribution in [0.5, 0.6) is 0 Å². The van der Waals surface area contributed by atoms with Crippen LogP contribution in [-0.2, 0) is 25.3 Å². The van der Waals surface area contributed by atoms with Gasteiger partial charge in [0.25, 0.3) is 0 Å². The van der Waals surface area contributed by atoms with Gasteiger partial charge in [0.15, 0.2) is 5.96 Å². The number of hydrogen-bond acceptors (Lipinski definition) is 9. The van der Waals surface area contributed by atoms with E-state index in [-0.39, 0.29) is 46.9 Å². The number of carboxylic acid groups (broad SMARTS) is 1. The molecule has 0 radical (unpaired) electrons. The number of fused-ring (bicyclic) bond motifs is 1. The number of anilines is 1. The van der Waals surface area contributed by atoms with E-state index < -0.39 is 66.2 Å². The molecule has 260 valence electrons. The van der Waals surface area contributed by atoms with Gasteiger partial charge in [-0.25, -0.2) is 14.2 Å². The number of esters is 1. The number of halogens is 7. The number of aryl methyl sites for hydroxylation is 1. The van der Waals surface area contributed by atoms with Gasteiger partial charge in [-0.3, -0.25) is 19.1 Å². The molecule has 20 heteroatoms. The van der Waals surface area contributed by atoms with Gasteiger partial charge >= 0.3 is 24.3 Å². The summed E-state index contributed by atoms with van der Waals surface area (Å²) in [6, 6.07) is 4.44. The maximum atomic E-state index is 13.7. The van der Waals surface area contributed by atoms with Crippen LogP contribution in [0.4, 0.5) is 36.4 Å². The van der Waals surface area contributed by atoms with Crippen molar-refractivity contribution in [1.82, 2.24) is 15.1 Å². The number of alkyl halides is 7. The first-order valence-corrected chi connectivity index (χ1v) is 13.6. The summed E-state index contributed by atoms with van der Waals surface area (Å²) in [5.74, 6) is -6.44. The van der Waals surface area contributed by atoms with Crippen LogP contribution in [0.3, 0.4) is 0 Å². The molecular weight excluding hydrogens is 663 g/mol. The third-order valence-corrected chi connectivity index (χ3v) is 6.84. The highest BCUT2D eigenvalue weighted by atomic mass is 19.4. The average molecular weight is 692 g/mol. The molecule has 48 heavy (non-hydrogen) atoms. The second-order valence-corrected chi connectivity index (χ2v) is 10.4. The molecule has 2 aromatic carbocycles. The van der Waals surface area contributed by atoms with E-state index in [1.165, 1.54) is 31.3 Å². The zero-order valence-corrected chi connectivity index (χ0v) is 24.9. The highest BCUT2D eigenvalue weighted by Gasteiger charge is 2.39. The van der Waals surface area contributed by atoms with Gasteiger partial charge in [-0.2, -0.15) is 31.4 Å². The Hall–Kier alpha value is -5.43. The number of methoxy groups -OCH3 is 1. The summed E-state index contributed by atoms with van der Waals surface area (Å²) in [6.45, 7) is 1.35. The Morgan fingerprint density at radius 3 is 2.25 bits per heavy atom. The maximum Gasteiger partial charge on any atom is 0.490 e. The predicted molar refractivity (Wildman–Crippen MR) is 155 cm³/mol. The Bertz CT molecular complexity index is 1740. The normalized spacial score (nSPS) is 16.0. The van der Waals surface area contributed by atoms with E-state index in [9.17, 15) is 45.1 Å². The van der Waals surface area contributed by atoms with Gasteiger partial charge in [0.1, 0.15) is 12.2 Å². The summed E-state index contributed by atoms with van der Waals surface area (Å²) in [4.78, 5) is 50.5. The molecule has 2 heterocycles. The molecule has 13 nitrogen and oxygen atoms in total. The molecule has 0 bridgehead atoms. The van der Waals surface area contributed by atoms with Crippen molar-refractivity contribution < 1.29 is 59.8 Å². The molecule has 0 fully saturated rings. The van der Waals surface area contributed by atoms with E-state index in [4.69, 9.17) is 26.1 Å². The van der Waals surface area contributed by atoms with Gasteiger partial charge in [-0.1, -0.05) is 11.6 Å². The SMILES string of the molecule is COC(=O)C[C@@H](c1cc(C)cc(C(F)(F)F)c1)C(C(N)=O)n1ncc2c(NC3=NCC(F)CN3)cc(C(N)=O)cc21.O=C(O)C(F)(F)F. The van der Waals surface area contributed by atoms with Crippen molar-refractivity contribution in [2.75, 3.05) is 25.5 Å². The predicted octanol–water partition coefficient (Wildman–Crippen LogP) is 3.18. The summed E-state index contributed by atoms with van der Waals surface area (Å²) in [7, 11) is 1.10. The van der Waals surface area contributed by atoms with Crippen molar-refractivity contribution in [3.05, 3.63) is 58.8 Å². The van der Waals surface area contributed by atoms with Crippen LogP contribution in [0, 0.1) is 6.92 Å². The molecular formula is C28H28F7N7O6. The second kappa shape index (κ2) is 14.6. The number of carbonyl (C=O) groups excluding carboxylic acids is 3. The summed E-state index contributed by atoms with van der Waals surface area (Å²) in [5.41, 5.74) is 11.0. The van der Waals surface area contributed by atoms with Gasteiger partial charge in [0, 0.05) is 16.9 Å². The van der Waals surface area contributed by atoms with Gasteiger partial charge < -0.3 is 31.9 Å². The number of primary amides is 2. The zero-order valence-electron chi connectivity index (χ0n) is 24.9. The van der Waals surface area contributed by atoms with Gasteiger partial charge in [-0.05, 0) is 36.8 Å². The topological polar surface area (TPSA) is 204 Å². The molecule has 2 amide bonds. The largest absolute Gasteiger partial charge is 0.490 e. The number of guanidine groups is 1. The van der Waals surface area contributed by atoms with E-state index >= 15 is 0 Å². The number of hydrogen-bond donors (Lipinski definition) is 5. The van der Waals surface area contributed by atoms with Crippen molar-refractivity contribution in [1.29, 1.82) is 0 Å². The van der Waals surface area contributed by atoms with Crippen LogP contribution < -0.4 is 22.1 Å². The molecule has 0 aliphatic carbocycles. The van der Waals surface area contributed by atoms with Crippen LogP contribution in [0.15, 0.2) is 41.5 Å². The number of nitrogens with zero attached hydrogens (tertiary/aromatic N) is 3. The summed E-state index contributed by atoms with van der Waals surface area (Å²) < 4.78 is 92.2. The van der Waals surface area contributed by atoms with Crippen molar-refractivity contribution in [2.24, 2.45) is 16.5 Å². The van der Waals surface area contributed by atoms with Crippen LogP contribution >= 0.6 is 0 Å². The number of carbonyl (C=O) groups is 4. The Kier molecular flexibility index (Phi) is 11.2. The number of aliphatic carboxylic acids is 1. The minimum Gasteiger partial charge on any atom is -0.475 e. The first-order valence-electron chi connectivity index (χ1n) is 13.6. The number of benzene rings is 2. The van der Waals surface area contributed by atoms with Crippen LogP contribution in [0.1, 0.15) is 45.4 Å². The highest BCUT2D eigenvalue weighted by Crippen LogP contribution is 2.39. The molecule has 4 rings (SSSR count). The number of ether oxygens (including phenoxy) is 1. The molecule has 1 aliphatic heterocycles. The number of aliphatic imine (C=N–C) groups is 1. The number of nitrogens with one attached hydrogen (secondary N) is 2. The summed E-state index contributed by atoms with van der Waals surface area (Å²) >= 11 is 0. The van der Waals surface area contributed by atoms with Crippen LogP contribution in [-0.4, -0.2) is 77.1 Å². The number of aromatic nitrogens is 2. The van der Waals surface area contributed by atoms with Crippen molar-refractivity contribution in [3.8, 4) is 0 Å². The lowest BCUT2D eigenvalue weighted by Gasteiger charge is -2.27. The van der Waals surface area contributed by atoms with Gasteiger partial charge in [0.05, 0.1) is 49.6 Å². The van der Waals surface area contributed by atoms with Crippen molar-refractivity contribution >= 4 is 46.3 Å². The second-order valence-electron chi connectivity index (χ2n) is 10.4. The smallest absolute Gasteiger partial charge is 0.475 e. The fraction of sp³-hybridized carbons (Fsp3) is 0.357. The minimum atomic E-state index is -5.08. The Morgan fingerprint density at radius 1 is 1.10 bits per heavy atom. The molecule has 7 N–H and O–H groups in total. The first-order chi connectivity index (χ1) is 22.2. The number of carboxylic acids is 1. The quantitative estimate of drug-likeness (QED) is 0.174. The molecule has 0 spiro atoms. The Labute approximate surface area is 266 Å². The van der Waals surface area contributed by atoms with Crippen molar-refractivity contribution in [3.63, 3.8) is 0 Å². The molecule has 0 saturated heterocycles. The molecule has 3 aromatic rings. The Balaban J connectivity index is 0.000000804. The Morgan fingerprint density at radius 2 is 1.75 bits per heavy atom. The fourth-order valence-corrected chi connectivity index (χ4v) is 4.70. The van der Waals surface area contributed by atoms with E-state index in [0.717, 1.165) is 23.9 Å². The lowest BCUT2D eigenvalue weighted by molar-refractivity contribution is -0.192. The van der Waals surface area contributed by atoms with Crippen molar-refractivity contribution in [2.45, 2.75) is 43.8 Å². The zero-order chi connectivity index (χ0) is 36.1. The minimum absolute atomic E-state index is 0.000881. The molecule has 1 aliphatic rings. The summed E-state index contributed by atoms with van der Waals surface area (Å²) in [5, 5.41) is 17.5. The van der Waals surface area contributed by atoms with E-state index in [1.54, 1.807) is 0 Å². The fourth-order valence-electron chi connectivity index (χ4n) is 4.70. The van der Waals surface area contributed by atoms with Crippen LogP contribution in [0.2, 0.25) is 0 Å². The highest BCUT2D eigenvalue weighted by molar-refractivity contribution is 6.07. The number of amides is 2. The molecule has 0 saturated carbocycles. The number of rotatable bonds is 8.